The number of nitrogens with one attached hydrogen (secondary N) is 1. The number of anilines is 1. The van der Waals surface area contributed by atoms with Gasteiger partial charge in [0.1, 0.15) is 0 Å². The van der Waals surface area contributed by atoms with Gasteiger partial charge in [0.05, 0.1) is 22.5 Å². The van der Waals surface area contributed by atoms with Crippen molar-refractivity contribution >= 4 is 66.2 Å². The summed E-state index contributed by atoms with van der Waals surface area (Å²) in [5.41, 5.74) is 3.85. The van der Waals surface area contributed by atoms with Gasteiger partial charge in [0.2, 0.25) is 5.91 Å². The Morgan fingerprint density at radius 3 is 2.58 bits per heavy atom. The van der Waals surface area contributed by atoms with Crippen molar-refractivity contribution in [3.8, 4) is 0 Å². The first-order valence-electron chi connectivity index (χ1n) is 7.25. The number of para-hydroxylation sites is 2. The van der Waals surface area contributed by atoms with E-state index >= 15 is 0 Å². The van der Waals surface area contributed by atoms with Crippen molar-refractivity contribution < 1.29 is 4.79 Å². The third kappa shape index (κ3) is 3.68. The van der Waals surface area contributed by atoms with Gasteiger partial charge in [-0.3, -0.25) is 4.79 Å². The van der Waals surface area contributed by atoms with Gasteiger partial charge in [0.25, 0.3) is 0 Å². The van der Waals surface area contributed by atoms with E-state index in [0.29, 0.717) is 5.75 Å². The lowest BCUT2D eigenvalue weighted by molar-refractivity contribution is -0.113. The number of rotatable bonds is 4. The molecule has 0 bridgehead atoms. The van der Waals surface area contributed by atoms with Gasteiger partial charge in [-0.2, -0.15) is 0 Å². The first-order chi connectivity index (χ1) is 11.5. The monoisotopic (exact) mass is 467 g/mol. The Balaban J connectivity index is 1.70. The maximum Gasteiger partial charge on any atom is 0.234 e. The zero-order valence-electron chi connectivity index (χ0n) is 13.1. The first-order valence-corrected chi connectivity index (χ1v) is 9.82. The van der Waals surface area contributed by atoms with E-state index in [0.717, 1.165) is 36.4 Å². The lowest BCUT2D eigenvalue weighted by Crippen LogP contribution is -2.15. The van der Waals surface area contributed by atoms with Crippen molar-refractivity contribution in [2.45, 2.75) is 12.1 Å². The van der Waals surface area contributed by atoms with E-state index in [4.69, 9.17) is 0 Å². The predicted molar refractivity (Wildman–Crippen MR) is 107 cm³/mol. The summed E-state index contributed by atoms with van der Waals surface area (Å²) in [5, 5.41) is 3.77. The Hall–Kier alpha value is -1.31. The fourth-order valence-electron chi connectivity index (χ4n) is 2.38. The molecule has 0 saturated heterocycles. The highest BCUT2D eigenvalue weighted by Gasteiger charge is 2.13. The van der Waals surface area contributed by atoms with Gasteiger partial charge >= 0.3 is 0 Å². The summed E-state index contributed by atoms with van der Waals surface area (Å²) < 4.78 is 3.72. The summed E-state index contributed by atoms with van der Waals surface area (Å²) in [6.45, 7) is 2.00. The predicted octanol–water partition coefficient (Wildman–Crippen LogP) is 5.14. The quantitative estimate of drug-likeness (QED) is 0.539. The zero-order chi connectivity index (χ0) is 17.3. The molecule has 1 amide bonds. The van der Waals surface area contributed by atoms with E-state index in [-0.39, 0.29) is 5.91 Å². The van der Waals surface area contributed by atoms with E-state index in [2.05, 4.69) is 42.2 Å². The van der Waals surface area contributed by atoms with Crippen molar-refractivity contribution in [3.63, 3.8) is 0 Å². The molecule has 0 saturated carbocycles. The van der Waals surface area contributed by atoms with Crippen LogP contribution in [0.4, 0.5) is 5.69 Å². The molecule has 0 aliphatic heterocycles. The lowest BCUT2D eigenvalue weighted by atomic mass is 10.2. The van der Waals surface area contributed by atoms with Gasteiger partial charge < -0.3 is 9.88 Å². The second kappa shape index (κ2) is 7.29. The minimum Gasteiger partial charge on any atom is -0.323 e. The molecule has 0 fully saturated rings. The second-order valence-electron chi connectivity index (χ2n) is 5.38. The number of hydrogen-bond donors (Lipinski definition) is 1. The molecule has 2 aromatic carbocycles. The zero-order valence-corrected chi connectivity index (χ0v) is 17.1. The summed E-state index contributed by atoms with van der Waals surface area (Å²) in [5.74, 6) is 0.224. The maximum absolute atomic E-state index is 12.3. The molecule has 0 spiro atoms. The van der Waals surface area contributed by atoms with Gasteiger partial charge in [-0.1, -0.05) is 23.9 Å². The summed E-state index contributed by atoms with van der Waals surface area (Å²) in [6, 6.07) is 11.9. The number of fused-ring (bicyclic) bond motifs is 1. The summed E-state index contributed by atoms with van der Waals surface area (Å²) in [4.78, 5) is 16.9. The molecule has 3 aromatic rings. The molecule has 124 valence electrons. The molecule has 1 heterocycles. The molecule has 1 N–H and O–H groups in total. The van der Waals surface area contributed by atoms with E-state index < -0.39 is 0 Å². The number of aromatic nitrogens is 2. The Bertz CT molecular complexity index is 900. The van der Waals surface area contributed by atoms with Gasteiger partial charge in [-0.15, -0.1) is 0 Å². The van der Waals surface area contributed by atoms with E-state index in [1.54, 1.807) is 0 Å². The number of halogens is 2. The number of nitrogens with zero attached hydrogens (tertiary/aromatic N) is 2. The van der Waals surface area contributed by atoms with Gasteiger partial charge in [0.15, 0.2) is 5.16 Å². The van der Waals surface area contributed by atoms with Crippen LogP contribution in [0.25, 0.3) is 11.0 Å². The summed E-state index contributed by atoms with van der Waals surface area (Å²) >= 11 is 8.40. The Morgan fingerprint density at radius 2 is 1.92 bits per heavy atom. The van der Waals surface area contributed by atoms with Crippen LogP contribution >= 0.6 is 43.6 Å². The molecule has 0 radical (unpaired) electrons. The van der Waals surface area contributed by atoms with Crippen LogP contribution in [-0.2, 0) is 11.8 Å². The number of thioether (sulfide) groups is 1. The Kier molecular flexibility index (Phi) is 5.32. The maximum atomic E-state index is 12.3. The molecular formula is C17H15Br2N3OS. The van der Waals surface area contributed by atoms with Crippen molar-refractivity contribution in [2.75, 3.05) is 11.1 Å². The molecule has 7 heteroatoms. The summed E-state index contributed by atoms with van der Waals surface area (Å²) in [7, 11) is 1.96. The minimum absolute atomic E-state index is 0.0719. The van der Waals surface area contributed by atoms with Crippen LogP contribution in [0.3, 0.4) is 0 Å². The van der Waals surface area contributed by atoms with Crippen molar-refractivity contribution in [3.05, 3.63) is 50.9 Å². The standard InChI is InChI=1S/C17H15Br2N3OS/c1-10-7-11(18)16(12(19)8-10)21-15(23)9-24-17-20-13-5-3-4-6-14(13)22(17)2/h3-8H,9H2,1-2H3,(H,21,23). The third-order valence-corrected chi connectivity index (χ3v) is 5.81. The van der Waals surface area contributed by atoms with E-state index in [1.165, 1.54) is 11.8 Å². The number of aryl methyl sites for hydroxylation is 2. The average molecular weight is 469 g/mol. The van der Waals surface area contributed by atoms with Gasteiger partial charge in [-0.25, -0.2) is 4.98 Å². The molecule has 0 unspecified atom stereocenters. The number of imidazole rings is 1. The van der Waals surface area contributed by atoms with Crippen LogP contribution in [0, 0.1) is 6.92 Å². The van der Waals surface area contributed by atoms with E-state index in [1.807, 2.05) is 54.9 Å². The molecular weight excluding hydrogens is 454 g/mol. The van der Waals surface area contributed by atoms with Crippen LogP contribution in [0.1, 0.15) is 5.56 Å². The average Bonchev–Trinajstić information content (AvgIpc) is 2.85. The lowest BCUT2D eigenvalue weighted by Gasteiger charge is -2.10. The number of carbonyl (C=O) groups is 1. The number of amides is 1. The van der Waals surface area contributed by atoms with Gasteiger partial charge in [0, 0.05) is 16.0 Å². The highest BCUT2D eigenvalue weighted by Crippen LogP contribution is 2.32. The normalized spacial score (nSPS) is 11.0. The number of hydrogen-bond acceptors (Lipinski definition) is 3. The van der Waals surface area contributed by atoms with Crippen LogP contribution in [-0.4, -0.2) is 21.2 Å². The minimum atomic E-state index is -0.0719. The van der Waals surface area contributed by atoms with Crippen molar-refractivity contribution in [1.29, 1.82) is 0 Å². The highest BCUT2D eigenvalue weighted by atomic mass is 79.9. The Labute approximate surface area is 161 Å². The Morgan fingerprint density at radius 1 is 1.25 bits per heavy atom. The van der Waals surface area contributed by atoms with Crippen LogP contribution in [0.5, 0.6) is 0 Å². The number of carbonyl (C=O) groups excluding carboxylic acids is 1. The fourth-order valence-corrected chi connectivity index (χ4v) is 4.78. The van der Waals surface area contributed by atoms with Crippen LogP contribution < -0.4 is 5.32 Å². The topological polar surface area (TPSA) is 46.9 Å². The highest BCUT2D eigenvalue weighted by molar-refractivity contribution is 9.11. The summed E-state index contributed by atoms with van der Waals surface area (Å²) in [6.07, 6.45) is 0. The molecule has 0 aliphatic carbocycles. The molecule has 24 heavy (non-hydrogen) atoms. The SMILES string of the molecule is Cc1cc(Br)c(NC(=O)CSc2nc3ccccc3n2C)c(Br)c1. The van der Waals surface area contributed by atoms with E-state index in [9.17, 15) is 4.79 Å². The van der Waals surface area contributed by atoms with Crippen LogP contribution in [0.15, 0.2) is 50.5 Å². The molecule has 0 aliphatic rings. The molecule has 1 aromatic heterocycles. The van der Waals surface area contributed by atoms with Crippen LogP contribution in [0.2, 0.25) is 0 Å². The smallest absolute Gasteiger partial charge is 0.234 e. The van der Waals surface area contributed by atoms with Crippen molar-refractivity contribution in [2.24, 2.45) is 7.05 Å². The number of benzene rings is 2. The molecule has 3 rings (SSSR count). The van der Waals surface area contributed by atoms with Gasteiger partial charge in [-0.05, 0) is 68.6 Å². The third-order valence-electron chi connectivity index (χ3n) is 3.53. The molecule has 0 atom stereocenters. The molecule has 4 nitrogen and oxygen atoms in total. The van der Waals surface area contributed by atoms with Crippen molar-refractivity contribution in [1.82, 2.24) is 9.55 Å². The largest absolute Gasteiger partial charge is 0.323 e. The fraction of sp³-hybridized carbons (Fsp3) is 0.176. The second-order valence-corrected chi connectivity index (χ2v) is 8.03. The first kappa shape index (κ1) is 17.5.